The Kier molecular flexibility index (Phi) is 11.9. The predicted octanol–water partition coefficient (Wildman–Crippen LogP) is 4.72. The van der Waals surface area contributed by atoms with Gasteiger partial charge in [0.1, 0.15) is 11.5 Å². The van der Waals surface area contributed by atoms with Gasteiger partial charge in [0.05, 0.1) is 78.9 Å². The topological polar surface area (TPSA) is 217 Å². The fraction of sp³-hybridized carbons (Fsp3) is 0.143. The first-order valence-corrected chi connectivity index (χ1v) is 16.0. The molecule has 0 aliphatic carbocycles. The van der Waals surface area contributed by atoms with E-state index in [-0.39, 0.29) is 41.6 Å². The van der Waals surface area contributed by atoms with Crippen molar-refractivity contribution in [3.05, 3.63) is 148 Å². The number of nitrogens with zero attached hydrogens (tertiary/aromatic N) is 9. The quantitative estimate of drug-likeness (QED) is 0.212. The van der Waals surface area contributed by atoms with Crippen molar-refractivity contribution >= 4 is 23.2 Å². The molecule has 0 aliphatic rings. The molecule has 0 aliphatic heterocycles. The van der Waals surface area contributed by atoms with E-state index < -0.39 is 11.1 Å². The molecular formula is C35H26Cl2N10O6. The Labute approximate surface area is 310 Å². The minimum Gasteiger partial charge on any atom is -0.480 e. The van der Waals surface area contributed by atoms with Crippen molar-refractivity contribution in [1.82, 2.24) is 39.5 Å². The van der Waals surface area contributed by atoms with Crippen LogP contribution < -0.4 is 30.9 Å². The van der Waals surface area contributed by atoms with Crippen LogP contribution in [-0.4, -0.2) is 46.6 Å². The van der Waals surface area contributed by atoms with E-state index in [1.54, 1.807) is 26.0 Å². The maximum absolute atomic E-state index is 12.8. The average Bonchev–Trinajstić information content (AvgIpc) is 3.15. The van der Waals surface area contributed by atoms with Crippen molar-refractivity contribution in [2.75, 3.05) is 7.11 Å². The lowest BCUT2D eigenvalue weighted by atomic mass is 10.2. The number of methoxy groups -OCH3 is 1. The fourth-order valence-electron chi connectivity index (χ4n) is 4.52. The van der Waals surface area contributed by atoms with E-state index in [2.05, 4.69) is 30.4 Å². The molecule has 0 atom stereocenters. The highest BCUT2D eigenvalue weighted by molar-refractivity contribution is 6.31. The summed E-state index contributed by atoms with van der Waals surface area (Å²) in [6, 6.07) is 19.1. The van der Waals surface area contributed by atoms with E-state index in [9.17, 15) is 14.4 Å². The Morgan fingerprint density at radius 3 is 1.66 bits per heavy atom. The van der Waals surface area contributed by atoms with Crippen LogP contribution in [-0.2, 0) is 13.1 Å². The molecule has 1 N–H and O–H groups in total. The Morgan fingerprint density at radius 2 is 1.23 bits per heavy atom. The number of hydrogen-bond acceptors (Lipinski definition) is 13. The summed E-state index contributed by atoms with van der Waals surface area (Å²) in [4.78, 5) is 44.9. The maximum atomic E-state index is 12.8. The fourth-order valence-corrected chi connectivity index (χ4v) is 4.97. The number of H-pyrrole nitrogens is 1. The average molecular weight is 754 g/mol. The Bertz CT molecular complexity index is 2540. The first kappa shape index (κ1) is 37.4. The summed E-state index contributed by atoms with van der Waals surface area (Å²) in [5, 5.41) is 32.8. The minimum atomic E-state index is -0.427. The van der Waals surface area contributed by atoms with Crippen molar-refractivity contribution in [2.24, 2.45) is 0 Å². The molecule has 6 aromatic rings. The van der Waals surface area contributed by atoms with Gasteiger partial charge in [0, 0.05) is 22.2 Å². The third-order valence-electron chi connectivity index (χ3n) is 7.10. The number of nitrogens with one attached hydrogen (secondary N) is 1. The molecule has 4 heterocycles. The molecule has 0 saturated carbocycles. The van der Waals surface area contributed by atoms with E-state index in [0.29, 0.717) is 49.8 Å². The SMILES string of the molecule is COc1ccc(Cn2cnc(C)c(Oc3cc(Cl)cc(C#N)c3)c2=O)nn1.Cc1ncn(Cc2ccc(=O)[nH]n2)c(=O)c1Oc1cc(Cl)cc(C#N)c1. The number of aromatic nitrogens is 8. The van der Waals surface area contributed by atoms with Gasteiger partial charge in [0.2, 0.25) is 17.4 Å². The lowest BCUT2D eigenvalue weighted by Gasteiger charge is -2.11. The van der Waals surface area contributed by atoms with Crippen LogP contribution in [0.2, 0.25) is 10.0 Å². The molecule has 0 unspecified atom stereocenters. The number of ether oxygens (including phenoxy) is 3. The summed E-state index contributed by atoms with van der Waals surface area (Å²) < 4.78 is 19.0. The van der Waals surface area contributed by atoms with Gasteiger partial charge in [-0.15, -0.1) is 10.2 Å². The number of benzene rings is 2. The molecule has 16 nitrogen and oxygen atoms in total. The van der Waals surface area contributed by atoms with Crippen LogP contribution >= 0.6 is 23.2 Å². The first-order valence-electron chi connectivity index (χ1n) is 15.3. The van der Waals surface area contributed by atoms with E-state index in [4.69, 9.17) is 47.9 Å². The number of aryl methyl sites for hydroxylation is 2. The molecule has 53 heavy (non-hydrogen) atoms. The van der Waals surface area contributed by atoms with E-state index in [1.165, 1.54) is 77.4 Å². The molecule has 2 aromatic carbocycles. The van der Waals surface area contributed by atoms with Crippen LogP contribution in [0.25, 0.3) is 0 Å². The second kappa shape index (κ2) is 16.9. The number of nitriles is 2. The molecule has 0 amide bonds. The van der Waals surface area contributed by atoms with E-state index >= 15 is 0 Å². The van der Waals surface area contributed by atoms with E-state index in [0.717, 1.165) is 0 Å². The molecule has 18 heteroatoms. The highest BCUT2D eigenvalue weighted by atomic mass is 35.5. The second-order valence-electron chi connectivity index (χ2n) is 10.9. The molecule has 4 aromatic heterocycles. The van der Waals surface area contributed by atoms with Crippen molar-refractivity contribution in [2.45, 2.75) is 26.9 Å². The number of rotatable bonds is 9. The molecule has 266 valence electrons. The van der Waals surface area contributed by atoms with Gasteiger partial charge in [-0.2, -0.15) is 15.6 Å². The monoisotopic (exact) mass is 752 g/mol. The van der Waals surface area contributed by atoms with Crippen molar-refractivity contribution in [3.8, 4) is 41.0 Å². The summed E-state index contributed by atoms with van der Waals surface area (Å²) in [6.45, 7) is 3.57. The van der Waals surface area contributed by atoms with Gasteiger partial charge < -0.3 is 14.2 Å². The zero-order chi connectivity index (χ0) is 38.1. The summed E-state index contributed by atoms with van der Waals surface area (Å²) in [5.74, 6) is 0.985. The first-order chi connectivity index (χ1) is 25.5. The molecule has 0 fully saturated rings. The van der Waals surface area contributed by atoms with Gasteiger partial charge in [-0.05, 0) is 62.4 Å². The highest BCUT2D eigenvalue weighted by Gasteiger charge is 2.15. The van der Waals surface area contributed by atoms with Crippen LogP contribution in [0.3, 0.4) is 0 Å². The van der Waals surface area contributed by atoms with Gasteiger partial charge in [0.25, 0.3) is 16.7 Å². The highest BCUT2D eigenvalue weighted by Crippen LogP contribution is 2.27. The zero-order valence-electron chi connectivity index (χ0n) is 28.1. The summed E-state index contributed by atoms with van der Waals surface area (Å²) in [5.41, 5.74) is 1.33. The van der Waals surface area contributed by atoms with Crippen LogP contribution in [0.15, 0.2) is 87.7 Å². The normalized spacial score (nSPS) is 10.3. The third-order valence-corrected chi connectivity index (χ3v) is 7.53. The molecular weight excluding hydrogens is 727 g/mol. The third kappa shape index (κ3) is 9.67. The number of aromatic amines is 1. The van der Waals surface area contributed by atoms with Crippen LogP contribution in [0.4, 0.5) is 0 Å². The summed E-state index contributed by atoms with van der Waals surface area (Å²) in [7, 11) is 1.50. The molecule has 0 spiro atoms. The smallest absolute Gasteiger partial charge is 0.296 e. The van der Waals surface area contributed by atoms with Gasteiger partial charge in [-0.1, -0.05) is 23.2 Å². The second-order valence-corrected chi connectivity index (χ2v) is 11.8. The Hall–Kier alpha value is -6.88. The molecule has 0 saturated heterocycles. The Balaban J connectivity index is 0.000000204. The lowest BCUT2D eigenvalue weighted by Crippen LogP contribution is -2.24. The van der Waals surface area contributed by atoms with Crippen LogP contribution in [0, 0.1) is 36.5 Å². The molecule has 0 bridgehead atoms. The van der Waals surface area contributed by atoms with Gasteiger partial charge in [0.15, 0.2) is 0 Å². The number of hydrogen-bond donors (Lipinski definition) is 1. The van der Waals surface area contributed by atoms with Crippen LogP contribution in [0.5, 0.6) is 28.9 Å². The molecule has 0 radical (unpaired) electrons. The molecule has 6 rings (SSSR count). The van der Waals surface area contributed by atoms with Gasteiger partial charge >= 0.3 is 0 Å². The Morgan fingerprint density at radius 1 is 0.717 bits per heavy atom. The lowest BCUT2D eigenvalue weighted by molar-refractivity contribution is 0.390. The number of halogens is 2. The van der Waals surface area contributed by atoms with Gasteiger partial charge in [-0.25, -0.2) is 15.1 Å². The summed E-state index contributed by atoms with van der Waals surface area (Å²) >= 11 is 11.9. The zero-order valence-corrected chi connectivity index (χ0v) is 29.6. The standard InChI is InChI=1S/C18H14ClN5O3.C17H12ClN5O3/c1-11-17(27-15-6-12(8-20)5-13(19)7-15)18(25)24(10-21-11)9-14-3-4-16(26-2)23-22-14;1-10-16(26-14-5-11(7-19)4-12(18)6-14)17(25)23(9-20-10)8-13-2-3-15(24)22-21-13/h3-7,10H,9H2,1-2H3;2-6,9H,8H2,1H3,(H,22,24). The van der Waals surface area contributed by atoms with Crippen molar-refractivity contribution in [1.29, 1.82) is 10.5 Å². The van der Waals surface area contributed by atoms with Crippen LogP contribution in [0.1, 0.15) is 33.9 Å². The maximum Gasteiger partial charge on any atom is 0.296 e. The summed E-state index contributed by atoms with van der Waals surface area (Å²) in [6.07, 6.45) is 2.78. The van der Waals surface area contributed by atoms with Crippen molar-refractivity contribution < 1.29 is 14.2 Å². The minimum absolute atomic E-state index is 0.0167. The van der Waals surface area contributed by atoms with Gasteiger partial charge in [-0.3, -0.25) is 23.5 Å². The van der Waals surface area contributed by atoms with Crippen molar-refractivity contribution in [3.63, 3.8) is 0 Å². The van der Waals surface area contributed by atoms with E-state index in [1.807, 2.05) is 12.1 Å². The largest absolute Gasteiger partial charge is 0.480 e. The predicted molar refractivity (Wildman–Crippen MR) is 191 cm³/mol.